The summed E-state index contributed by atoms with van der Waals surface area (Å²) in [6.45, 7) is 4.30. The van der Waals surface area contributed by atoms with Crippen LogP contribution >= 0.6 is 11.6 Å². The van der Waals surface area contributed by atoms with Crippen molar-refractivity contribution in [3.8, 4) is 6.07 Å². The average Bonchev–Trinajstić information content (AvgIpc) is 3.44. The van der Waals surface area contributed by atoms with E-state index in [-0.39, 0.29) is 11.9 Å². The highest BCUT2D eigenvalue weighted by Crippen LogP contribution is 2.39. The third kappa shape index (κ3) is 3.91. The average molecular weight is 346 g/mol. The number of carbonyl (C=O) groups is 1. The van der Waals surface area contributed by atoms with Crippen molar-refractivity contribution in [2.75, 3.05) is 6.54 Å². The van der Waals surface area contributed by atoms with Crippen molar-refractivity contribution in [3.05, 3.63) is 34.9 Å². The molecule has 0 spiro atoms. The van der Waals surface area contributed by atoms with Crippen molar-refractivity contribution in [1.29, 1.82) is 5.26 Å². The lowest BCUT2D eigenvalue weighted by molar-refractivity contribution is -0.124. The molecule has 24 heavy (non-hydrogen) atoms. The highest BCUT2D eigenvalue weighted by atomic mass is 35.5. The van der Waals surface area contributed by atoms with Crippen LogP contribution in [0.3, 0.4) is 0 Å². The van der Waals surface area contributed by atoms with Gasteiger partial charge in [-0.1, -0.05) is 23.7 Å². The van der Waals surface area contributed by atoms with Crippen molar-refractivity contribution in [2.45, 2.75) is 57.2 Å². The Morgan fingerprint density at radius 2 is 2.00 bits per heavy atom. The van der Waals surface area contributed by atoms with Crippen LogP contribution in [0.25, 0.3) is 0 Å². The summed E-state index contributed by atoms with van der Waals surface area (Å²) in [5.74, 6) is 0.244. The van der Waals surface area contributed by atoms with E-state index in [2.05, 4.69) is 23.2 Å². The lowest BCUT2D eigenvalue weighted by Crippen LogP contribution is -2.50. The van der Waals surface area contributed by atoms with Crippen molar-refractivity contribution >= 4 is 17.5 Å². The Bertz CT molecular complexity index is 646. The molecule has 0 aliphatic heterocycles. The number of rotatable bonds is 7. The largest absolute Gasteiger partial charge is 0.337 e. The van der Waals surface area contributed by atoms with Gasteiger partial charge in [0, 0.05) is 17.1 Å². The fourth-order valence-corrected chi connectivity index (χ4v) is 3.42. The fourth-order valence-electron chi connectivity index (χ4n) is 3.30. The summed E-state index contributed by atoms with van der Waals surface area (Å²) in [5, 5.41) is 13.1. The zero-order valence-corrected chi connectivity index (χ0v) is 15.0. The van der Waals surface area contributed by atoms with E-state index >= 15 is 0 Å². The maximum absolute atomic E-state index is 12.6. The number of nitrogens with zero attached hydrogens (tertiary/aromatic N) is 2. The molecule has 0 saturated heterocycles. The lowest BCUT2D eigenvalue weighted by Gasteiger charge is -2.31. The normalized spacial score (nSPS) is 21.0. The van der Waals surface area contributed by atoms with E-state index in [1.54, 1.807) is 0 Å². The molecule has 0 heterocycles. The van der Waals surface area contributed by atoms with Crippen molar-refractivity contribution in [1.82, 2.24) is 10.2 Å². The van der Waals surface area contributed by atoms with Gasteiger partial charge < -0.3 is 5.32 Å². The first kappa shape index (κ1) is 17.3. The SMILES string of the molecule is C[C@H](c1ccc(Cl)cc1)N(CC(=O)N[C@](C)(C#N)C1CC1)C1CC1. The van der Waals surface area contributed by atoms with Gasteiger partial charge >= 0.3 is 0 Å². The number of nitrogens with one attached hydrogen (secondary N) is 1. The van der Waals surface area contributed by atoms with Gasteiger partial charge in [-0.25, -0.2) is 0 Å². The number of nitriles is 1. The molecule has 0 aromatic heterocycles. The molecule has 2 fully saturated rings. The summed E-state index contributed by atoms with van der Waals surface area (Å²) in [5.41, 5.74) is 0.430. The molecule has 0 bridgehead atoms. The summed E-state index contributed by atoms with van der Waals surface area (Å²) in [7, 11) is 0. The summed E-state index contributed by atoms with van der Waals surface area (Å²) in [6.07, 6.45) is 4.31. The van der Waals surface area contributed by atoms with Crippen LogP contribution in [-0.4, -0.2) is 28.9 Å². The molecule has 3 rings (SSSR count). The monoisotopic (exact) mass is 345 g/mol. The minimum absolute atomic E-state index is 0.0568. The summed E-state index contributed by atoms with van der Waals surface area (Å²) < 4.78 is 0. The molecule has 1 amide bonds. The van der Waals surface area contributed by atoms with Gasteiger partial charge in [0.15, 0.2) is 0 Å². The van der Waals surface area contributed by atoms with Gasteiger partial charge in [0.1, 0.15) is 5.54 Å². The third-order valence-corrected chi connectivity index (χ3v) is 5.47. The van der Waals surface area contributed by atoms with Gasteiger partial charge in [0.25, 0.3) is 0 Å². The zero-order chi connectivity index (χ0) is 17.3. The molecule has 4 nitrogen and oxygen atoms in total. The summed E-state index contributed by atoms with van der Waals surface area (Å²) in [6, 6.07) is 10.7. The van der Waals surface area contributed by atoms with Gasteiger partial charge in [0.2, 0.25) is 5.91 Å². The van der Waals surface area contributed by atoms with E-state index in [0.717, 1.165) is 36.3 Å². The van der Waals surface area contributed by atoms with Crippen molar-refractivity contribution in [3.63, 3.8) is 0 Å². The molecule has 1 N–H and O–H groups in total. The Morgan fingerprint density at radius 1 is 1.38 bits per heavy atom. The Labute approximate surface area is 148 Å². The number of halogens is 1. The van der Waals surface area contributed by atoms with Crippen LogP contribution in [0.15, 0.2) is 24.3 Å². The van der Waals surface area contributed by atoms with E-state index in [1.165, 1.54) is 0 Å². The molecule has 2 saturated carbocycles. The van der Waals surface area contributed by atoms with Gasteiger partial charge in [0.05, 0.1) is 12.6 Å². The van der Waals surface area contributed by atoms with Crippen molar-refractivity contribution in [2.24, 2.45) is 5.92 Å². The topological polar surface area (TPSA) is 56.1 Å². The number of amides is 1. The van der Waals surface area contributed by atoms with Crippen LogP contribution in [-0.2, 0) is 4.79 Å². The van der Waals surface area contributed by atoms with Crippen LogP contribution < -0.4 is 5.32 Å². The maximum Gasteiger partial charge on any atom is 0.235 e. The molecular weight excluding hydrogens is 322 g/mol. The highest BCUT2D eigenvalue weighted by Gasteiger charge is 2.43. The Hall–Kier alpha value is -1.57. The van der Waals surface area contributed by atoms with Gasteiger partial charge in [-0.15, -0.1) is 0 Å². The number of hydrogen-bond acceptors (Lipinski definition) is 3. The van der Waals surface area contributed by atoms with Gasteiger partial charge in [-0.05, 0) is 63.1 Å². The van der Waals surface area contributed by atoms with E-state index in [4.69, 9.17) is 11.6 Å². The molecule has 0 unspecified atom stereocenters. The van der Waals surface area contributed by atoms with Gasteiger partial charge in [-0.2, -0.15) is 5.26 Å². The maximum atomic E-state index is 12.6. The zero-order valence-electron chi connectivity index (χ0n) is 14.3. The van der Waals surface area contributed by atoms with Crippen LogP contribution in [0.5, 0.6) is 0 Å². The van der Waals surface area contributed by atoms with E-state index in [0.29, 0.717) is 18.5 Å². The molecule has 5 heteroatoms. The van der Waals surface area contributed by atoms with Gasteiger partial charge in [-0.3, -0.25) is 9.69 Å². The molecule has 2 aliphatic carbocycles. The molecule has 0 radical (unpaired) electrons. The predicted octanol–water partition coefficient (Wildman–Crippen LogP) is 3.67. The van der Waals surface area contributed by atoms with E-state index in [9.17, 15) is 10.1 Å². The van der Waals surface area contributed by atoms with E-state index in [1.807, 2.05) is 31.2 Å². The van der Waals surface area contributed by atoms with Crippen LogP contribution in [0.4, 0.5) is 0 Å². The minimum Gasteiger partial charge on any atom is -0.337 e. The predicted molar refractivity (Wildman–Crippen MR) is 94.5 cm³/mol. The first-order valence-corrected chi connectivity index (χ1v) is 9.04. The van der Waals surface area contributed by atoms with Crippen molar-refractivity contribution < 1.29 is 4.79 Å². The minimum atomic E-state index is -0.726. The Morgan fingerprint density at radius 3 is 2.50 bits per heavy atom. The second-order valence-electron chi connectivity index (χ2n) is 7.27. The lowest BCUT2D eigenvalue weighted by atomic mass is 9.98. The number of benzene rings is 1. The third-order valence-electron chi connectivity index (χ3n) is 5.22. The number of hydrogen-bond donors (Lipinski definition) is 1. The standard InChI is InChI=1S/C19H24ClN3O/c1-13(14-3-7-16(20)8-4-14)23(17-9-10-17)11-18(24)22-19(2,12-21)15-5-6-15/h3-4,7-8,13,15,17H,5-6,9-11H2,1-2H3,(H,22,24)/t13-,19-/m1/s1. The van der Waals surface area contributed by atoms with E-state index < -0.39 is 5.54 Å². The first-order chi connectivity index (χ1) is 11.4. The highest BCUT2D eigenvalue weighted by molar-refractivity contribution is 6.30. The smallest absolute Gasteiger partial charge is 0.235 e. The summed E-state index contributed by atoms with van der Waals surface area (Å²) in [4.78, 5) is 14.8. The molecule has 1 aromatic rings. The quantitative estimate of drug-likeness (QED) is 0.820. The van der Waals surface area contributed by atoms with Crippen LogP contribution in [0.2, 0.25) is 5.02 Å². The Balaban J connectivity index is 1.66. The molecule has 2 atom stereocenters. The molecule has 2 aliphatic rings. The molecule has 1 aromatic carbocycles. The second kappa shape index (κ2) is 6.74. The fraction of sp³-hybridized carbons (Fsp3) is 0.579. The first-order valence-electron chi connectivity index (χ1n) is 8.66. The number of carbonyl (C=O) groups excluding carboxylic acids is 1. The second-order valence-corrected chi connectivity index (χ2v) is 7.70. The van der Waals surface area contributed by atoms with Crippen LogP contribution in [0, 0.1) is 17.2 Å². The molecule has 128 valence electrons. The summed E-state index contributed by atoms with van der Waals surface area (Å²) >= 11 is 5.97. The molecular formula is C19H24ClN3O. The Kier molecular flexibility index (Phi) is 4.85. The van der Waals surface area contributed by atoms with Crippen LogP contribution in [0.1, 0.15) is 51.1 Å².